The molecular formula is C21H23N7O2. The molecule has 1 saturated heterocycles. The van der Waals surface area contributed by atoms with Gasteiger partial charge in [-0.15, -0.1) is 0 Å². The van der Waals surface area contributed by atoms with Crippen LogP contribution in [0.1, 0.15) is 18.4 Å². The maximum Gasteiger partial charge on any atom is 0.347 e. The van der Waals surface area contributed by atoms with Crippen LogP contribution in [0, 0.1) is 0 Å². The number of carbonyl (C=O) groups excluding carboxylic acids is 1. The summed E-state index contributed by atoms with van der Waals surface area (Å²) < 4.78 is 1.52. The van der Waals surface area contributed by atoms with E-state index in [2.05, 4.69) is 30.5 Å². The first-order valence-electron chi connectivity index (χ1n) is 9.87. The largest absolute Gasteiger partial charge is 0.347 e. The highest BCUT2D eigenvalue weighted by molar-refractivity contribution is 5.89. The number of rotatable bonds is 5. The fourth-order valence-corrected chi connectivity index (χ4v) is 3.54. The maximum absolute atomic E-state index is 12.5. The predicted molar refractivity (Wildman–Crippen MR) is 113 cm³/mol. The SMILES string of the molecule is O=C(Nc1cccc(Cn2cccnc2=O)c1)N[C@@H]1CCCN(c2ncccn2)C1. The topological polar surface area (TPSA) is 105 Å². The van der Waals surface area contributed by atoms with Crippen molar-refractivity contribution in [3.63, 3.8) is 0 Å². The number of carbonyl (C=O) groups is 1. The zero-order valence-corrected chi connectivity index (χ0v) is 16.4. The summed E-state index contributed by atoms with van der Waals surface area (Å²) in [5, 5.41) is 5.91. The van der Waals surface area contributed by atoms with Crippen LogP contribution in [-0.4, -0.2) is 44.7 Å². The molecule has 1 aliphatic heterocycles. The molecule has 154 valence electrons. The van der Waals surface area contributed by atoms with E-state index in [1.165, 1.54) is 10.8 Å². The second-order valence-electron chi connectivity index (χ2n) is 7.16. The molecule has 0 aliphatic carbocycles. The standard InChI is InChI=1S/C21H23N7O2/c29-20(26-18-7-2-11-27(15-18)19-22-8-3-9-23-19)25-17-6-1-5-16(13-17)14-28-12-4-10-24-21(28)30/h1,3-6,8-10,12-13,18H,2,7,11,14-15H2,(H2,25,26,29)/t18-/m1/s1. The van der Waals surface area contributed by atoms with E-state index in [1.807, 2.05) is 24.3 Å². The highest BCUT2D eigenvalue weighted by Crippen LogP contribution is 2.16. The first kappa shape index (κ1) is 19.6. The lowest BCUT2D eigenvalue weighted by Gasteiger charge is -2.33. The van der Waals surface area contributed by atoms with E-state index < -0.39 is 0 Å². The molecule has 9 nitrogen and oxygen atoms in total. The minimum absolute atomic E-state index is 0.0136. The van der Waals surface area contributed by atoms with E-state index >= 15 is 0 Å². The van der Waals surface area contributed by atoms with Gasteiger partial charge in [0.05, 0.1) is 6.54 Å². The molecule has 9 heteroatoms. The third kappa shape index (κ3) is 4.99. The van der Waals surface area contributed by atoms with Gasteiger partial charge in [-0.05, 0) is 42.7 Å². The number of amides is 2. The predicted octanol–water partition coefficient (Wildman–Crippen LogP) is 1.87. The molecule has 0 saturated carbocycles. The number of anilines is 2. The molecule has 3 heterocycles. The summed E-state index contributed by atoms with van der Waals surface area (Å²) >= 11 is 0. The van der Waals surface area contributed by atoms with E-state index in [1.54, 1.807) is 30.7 Å². The van der Waals surface area contributed by atoms with Crippen LogP contribution in [0.25, 0.3) is 0 Å². The lowest BCUT2D eigenvalue weighted by Crippen LogP contribution is -2.49. The average Bonchev–Trinajstić information content (AvgIpc) is 2.76. The van der Waals surface area contributed by atoms with Crippen molar-refractivity contribution in [3.8, 4) is 0 Å². The molecular weight excluding hydrogens is 382 g/mol. The van der Waals surface area contributed by atoms with Crippen LogP contribution in [0.5, 0.6) is 0 Å². The van der Waals surface area contributed by atoms with E-state index in [4.69, 9.17) is 0 Å². The molecule has 2 amide bonds. The highest BCUT2D eigenvalue weighted by Gasteiger charge is 2.23. The van der Waals surface area contributed by atoms with Gasteiger partial charge in [-0.2, -0.15) is 0 Å². The Bertz CT molecular complexity index is 1050. The second-order valence-corrected chi connectivity index (χ2v) is 7.16. The van der Waals surface area contributed by atoms with E-state index in [0.717, 1.165) is 24.9 Å². The Morgan fingerprint density at radius 3 is 2.77 bits per heavy atom. The smallest absolute Gasteiger partial charge is 0.339 e. The molecule has 0 unspecified atom stereocenters. The zero-order chi connectivity index (χ0) is 20.8. The number of hydrogen-bond acceptors (Lipinski definition) is 6. The van der Waals surface area contributed by atoms with Crippen LogP contribution in [0.15, 0.2) is 66.0 Å². The third-order valence-corrected chi connectivity index (χ3v) is 4.91. The van der Waals surface area contributed by atoms with Crippen molar-refractivity contribution in [3.05, 3.63) is 77.2 Å². The minimum atomic E-state index is -0.308. The van der Waals surface area contributed by atoms with Crippen LogP contribution in [-0.2, 0) is 6.54 Å². The zero-order valence-electron chi connectivity index (χ0n) is 16.4. The van der Waals surface area contributed by atoms with Crippen LogP contribution >= 0.6 is 0 Å². The number of nitrogens with one attached hydrogen (secondary N) is 2. The molecule has 2 aromatic heterocycles. The molecule has 1 aliphatic rings. The van der Waals surface area contributed by atoms with E-state index in [9.17, 15) is 9.59 Å². The Kier molecular flexibility index (Phi) is 5.98. The number of urea groups is 1. The minimum Gasteiger partial charge on any atom is -0.339 e. The van der Waals surface area contributed by atoms with Gasteiger partial charge in [0.15, 0.2) is 0 Å². The Morgan fingerprint density at radius 1 is 1.10 bits per heavy atom. The molecule has 0 radical (unpaired) electrons. The fraction of sp³-hybridized carbons (Fsp3) is 0.286. The van der Waals surface area contributed by atoms with Gasteiger partial charge in [-0.3, -0.25) is 4.57 Å². The Hall–Kier alpha value is -3.75. The first-order valence-corrected chi connectivity index (χ1v) is 9.87. The quantitative estimate of drug-likeness (QED) is 0.671. The van der Waals surface area contributed by atoms with Crippen molar-refractivity contribution in [1.82, 2.24) is 24.8 Å². The van der Waals surface area contributed by atoms with Crippen molar-refractivity contribution in [2.75, 3.05) is 23.3 Å². The monoisotopic (exact) mass is 405 g/mol. The van der Waals surface area contributed by atoms with Gasteiger partial charge in [-0.1, -0.05) is 12.1 Å². The summed E-state index contributed by atoms with van der Waals surface area (Å²) in [4.78, 5) is 38.7. The van der Waals surface area contributed by atoms with Crippen LogP contribution < -0.4 is 21.2 Å². The summed E-state index contributed by atoms with van der Waals surface area (Å²) in [6.45, 7) is 1.93. The number of nitrogens with zero attached hydrogens (tertiary/aromatic N) is 5. The molecule has 30 heavy (non-hydrogen) atoms. The summed E-state index contributed by atoms with van der Waals surface area (Å²) in [5.74, 6) is 0.683. The lowest BCUT2D eigenvalue weighted by atomic mass is 10.1. The van der Waals surface area contributed by atoms with Crippen LogP contribution in [0.3, 0.4) is 0 Å². The molecule has 1 aromatic carbocycles. The van der Waals surface area contributed by atoms with E-state index in [-0.39, 0.29) is 17.8 Å². The Morgan fingerprint density at radius 2 is 1.93 bits per heavy atom. The van der Waals surface area contributed by atoms with Gasteiger partial charge in [0.1, 0.15) is 0 Å². The van der Waals surface area contributed by atoms with Gasteiger partial charge in [0.25, 0.3) is 0 Å². The lowest BCUT2D eigenvalue weighted by molar-refractivity contribution is 0.246. The van der Waals surface area contributed by atoms with Gasteiger partial charge >= 0.3 is 11.7 Å². The van der Waals surface area contributed by atoms with Crippen molar-refractivity contribution in [2.45, 2.75) is 25.4 Å². The molecule has 0 bridgehead atoms. The van der Waals surface area contributed by atoms with Crippen LogP contribution in [0.4, 0.5) is 16.4 Å². The maximum atomic E-state index is 12.5. The molecule has 2 N–H and O–H groups in total. The summed E-state index contributed by atoms with van der Waals surface area (Å²) in [6.07, 6.45) is 8.46. The molecule has 1 fully saturated rings. The third-order valence-electron chi connectivity index (χ3n) is 4.91. The highest BCUT2D eigenvalue weighted by atomic mass is 16.2. The second kappa shape index (κ2) is 9.17. The Labute approximate surface area is 173 Å². The number of aromatic nitrogens is 4. The van der Waals surface area contributed by atoms with Crippen LogP contribution in [0.2, 0.25) is 0 Å². The Balaban J connectivity index is 1.35. The van der Waals surface area contributed by atoms with Gasteiger partial charge in [0, 0.05) is 49.6 Å². The fourth-order valence-electron chi connectivity index (χ4n) is 3.54. The molecule has 4 rings (SSSR count). The van der Waals surface area contributed by atoms with Crippen molar-refractivity contribution in [1.29, 1.82) is 0 Å². The number of hydrogen-bond donors (Lipinski definition) is 2. The summed E-state index contributed by atoms with van der Waals surface area (Å²) in [5.41, 5.74) is 1.26. The van der Waals surface area contributed by atoms with Gasteiger partial charge in [0.2, 0.25) is 5.95 Å². The summed E-state index contributed by atoms with van der Waals surface area (Å²) in [7, 11) is 0. The van der Waals surface area contributed by atoms with Gasteiger partial charge < -0.3 is 15.5 Å². The van der Waals surface area contributed by atoms with Crippen molar-refractivity contribution < 1.29 is 4.79 Å². The van der Waals surface area contributed by atoms with Gasteiger partial charge in [-0.25, -0.2) is 24.5 Å². The molecule has 0 spiro atoms. The summed E-state index contributed by atoms with van der Waals surface area (Å²) in [6, 6.07) is 10.7. The van der Waals surface area contributed by atoms with E-state index in [0.29, 0.717) is 24.7 Å². The molecule has 1 atom stereocenters. The molecule has 3 aromatic rings. The van der Waals surface area contributed by atoms with Crippen molar-refractivity contribution >= 4 is 17.7 Å². The van der Waals surface area contributed by atoms with Crippen molar-refractivity contribution in [2.24, 2.45) is 0 Å². The number of benzene rings is 1. The first-order chi connectivity index (χ1) is 14.7. The average molecular weight is 405 g/mol. The normalized spacial score (nSPS) is 16.1. The number of piperidine rings is 1.